The quantitative estimate of drug-likeness (QED) is 0.236. The first kappa shape index (κ1) is 21.8. The molecule has 1 N–H and O–H groups in total. The fourth-order valence-corrected chi connectivity index (χ4v) is 5.25. The maximum absolute atomic E-state index is 13.0. The van der Waals surface area contributed by atoms with Crippen LogP contribution in [0.25, 0.3) is 0 Å². The molecular formula is C22H17ClN4OS3. The molecule has 0 radical (unpaired) electrons. The number of aromatic nitrogens is 3. The van der Waals surface area contributed by atoms with Crippen molar-refractivity contribution in [1.82, 2.24) is 15.0 Å². The van der Waals surface area contributed by atoms with Gasteiger partial charge < -0.3 is 0 Å². The number of thioether (sulfide) groups is 1. The number of anilines is 1. The summed E-state index contributed by atoms with van der Waals surface area (Å²) in [5.74, 6) is 0.298. The number of amides is 1. The van der Waals surface area contributed by atoms with E-state index in [1.165, 1.54) is 34.9 Å². The van der Waals surface area contributed by atoms with E-state index in [9.17, 15) is 4.79 Å². The van der Waals surface area contributed by atoms with Crippen LogP contribution in [0.1, 0.15) is 20.9 Å². The summed E-state index contributed by atoms with van der Waals surface area (Å²) in [6.07, 6.45) is 3.42. The maximum atomic E-state index is 13.0. The number of hydrogen-bond acceptors (Lipinski definition) is 7. The van der Waals surface area contributed by atoms with Crippen LogP contribution in [0.5, 0.6) is 0 Å². The highest BCUT2D eigenvalue weighted by molar-refractivity contribution is 7.99. The summed E-state index contributed by atoms with van der Waals surface area (Å²) in [7, 11) is 0. The zero-order valence-electron chi connectivity index (χ0n) is 16.4. The number of rotatable bonds is 7. The van der Waals surface area contributed by atoms with Crippen molar-refractivity contribution in [1.29, 1.82) is 0 Å². The minimum absolute atomic E-state index is 0.310. The first-order chi connectivity index (χ1) is 15.1. The molecule has 0 fully saturated rings. The van der Waals surface area contributed by atoms with E-state index in [1.54, 1.807) is 12.4 Å². The number of nitrogens with one attached hydrogen (secondary N) is 1. The van der Waals surface area contributed by atoms with E-state index in [-0.39, 0.29) is 5.91 Å². The summed E-state index contributed by atoms with van der Waals surface area (Å²) in [5, 5.41) is 4.60. The second-order valence-corrected chi connectivity index (χ2v) is 10.1. The SMILES string of the molecule is Cc1cnc(NC(=O)c2nc(SCc3ccccc3Cl)ncc2Sc2ccccc2)s1. The van der Waals surface area contributed by atoms with E-state index in [2.05, 4.69) is 20.3 Å². The molecule has 0 aliphatic heterocycles. The molecule has 0 spiro atoms. The Morgan fingerprint density at radius 1 is 1.06 bits per heavy atom. The van der Waals surface area contributed by atoms with Gasteiger partial charge in [-0.1, -0.05) is 71.5 Å². The Balaban J connectivity index is 1.59. The van der Waals surface area contributed by atoms with Crippen LogP contribution in [0.2, 0.25) is 5.02 Å². The first-order valence-electron chi connectivity index (χ1n) is 9.28. The minimum atomic E-state index is -0.310. The molecule has 2 aromatic carbocycles. The van der Waals surface area contributed by atoms with Crippen LogP contribution in [0, 0.1) is 6.92 Å². The lowest BCUT2D eigenvalue weighted by Crippen LogP contribution is -2.15. The van der Waals surface area contributed by atoms with Crippen LogP contribution in [-0.2, 0) is 5.75 Å². The molecule has 4 rings (SSSR count). The normalized spacial score (nSPS) is 10.8. The Bertz CT molecular complexity index is 1200. The summed E-state index contributed by atoms with van der Waals surface area (Å²) < 4.78 is 0. The van der Waals surface area contributed by atoms with Crippen molar-refractivity contribution >= 4 is 57.5 Å². The van der Waals surface area contributed by atoms with Gasteiger partial charge in [0.2, 0.25) is 0 Å². The number of benzene rings is 2. The van der Waals surface area contributed by atoms with Crippen molar-refractivity contribution < 1.29 is 4.79 Å². The number of aryl methyl sites for hydroxylation is 1. The Labute approximate surface area is 197 Å². The van der Waals surface area contributed by atoms with Gasteiger partial charge in [0, 0.05) is 32.9 Å². The molecule has 0 atom stereocenters. The highest BCUT2D eigenvalue weighted by Gasteiger charge is 2.18. The number of hydrogen-bond donors (Lipinski definition) is 1. The lowest BCUT2D eigenvalue weighted by molar-refractivity contribution is 0.101. The fourth-order valence-electron chi connectivity index (χ4n) is 2.60. The van der Waals surface area contributed by atoms with Gasteiger partial charge in [-0.3, -0.25) is 10.1 Å². The highest BCUT2D eigenvalue weighted by atomic mass is 35.5. The minimum Gasteiger partial charge on any atom is -0.296 e. The van der Waals surface area contributed by atoms with Crippen LogP contribution in [0.15, 0.2) is 81.9 Å². The molecule has 0 saturated carbocycles. The molecule has 0 aliphatic rings. The molecule has 31 heavy (non-hydrogen) atoms. The predicted molar refractivity (Wildman–Crippen MR) is 128 cm³/mol. The summed E-state index contributed by atoms with van der Waals surface area (Å²) in [6.45, 7) is 1.94. The average molecular weight is 485 g/mol. The van der Waals surface area contributed by atoms with E-state index in [0.717, 1.165) is 15.3 Å². The summed E-state index contributed by atoms with van der Waals surface area (Å²) in [5.41, 5.74) is 1.31. The predicted octanol–water partition coefficient (Wildman–Crippen LogP) is 6.59. The van der Waals surface area contributed by atoms with Gasteiger partial charge in [-0.05, 0) is 30.7 Å². The molecule has 156 valence electrons. The molecule has 1 amide bonds. The third-order valence-electron chi connectivity index (χ3n) is 4.08. The standard InChI is InChI=1S/C22H17ClN4OS3/c1-14-11-24-22(30-14)27-20(28)19-18(31-16-8-3-2-4-9-16)12-25-21(26-19)29-13-15-7-5-6-10-17(15)23/h2-12H,13H2,1H3,(H,24,27,28). The van der Waals surface area contributed by atoms with Gasteiger partial charge in [-0.15, -0.1) is 11.3 Å². The molecular weight excluding hydrogens is 468 g/mol. The van der Waals surface area contributed by atoms with Gasteiger partial charge in [0.25, 0.3) is 5.91 Å². The molecule has 0 aliphatic carbocycles. The highest BCUT2D eigenvalue weighted by Crippen LogP contribution is 2.32. The Morgan fingerprint density at radius 2 is 1.84 bits per heavy atom. The molecule has 0 unspecified atom stereocenters. The van der Waals surface area contributed by atoms with Crippen LogP contribution >= 0.6 is 46.5 Å². The van der Waals surface area contributed by atoms with Gasteiger partial charge in [0.15, 0.2) is 10.3 Å². The largest absolute Gasteiger partial charge is 0.296 e. The summed E-state index contributed by atoms with van der Waals surface area (Å²) in [4.78, 5) is 29.0. The first-order valence-corrected chi connectivity index (χ1v) is 12.3. The number of carbonyl (C=O) groups excluding carboxylic acids is 1. The molecule has 2 aromatic heterocycles. The van der Waals surface area contributed by atoms with E-state index in [4.69, 9.17) is 11.6 Å². The van der Waals surface area contributed by atoms with E-state index in [1.807, 2.05) is 61.5 Å². The molecule has 9 heteroatoms. The van der Waals surface area contributed by atoms with Crippen molar-refractivity contribution in [2.75, 3.05) is 5.32 Å². The molecule has 2 heterocycles. The van der Waals surface area contributed by atoms with Crippen molar-refractivity contribution in [2.24, 2.45) is 0 Å². The second kappa shape index (κ2) is 10.3. The second-order valence-electron chi connectivity index (χ2n) is 6.39. The van der Waals surface area contributed by atoms with E-state index >= 15 is 0 Å². The number of halogens is 1. The third kappa shape index (κ3) is 5.86. The maximum Gasteiger partial charge on any atom is 0.277 e. The number of thiazole rings is 1. The van der Waals surface area contributed by atoms with Crippen LogP contribution in [0.4, 0.5) is 5.13 Å². The average Bonchev–Trinajstić information content (AvgIpc) is 3.19. The van der Waals surface area contributed by atoms with Crippen LogP contribution in [-0.4, -0.2) is 20.9 Å². The van der Waals surface area contributed by atoms with Crippen molar-refractivity contribution in [2.45, 2.75) is 27.6 Å². The number of nitrogens with zero attached hydrogens (tertiary/aromatic N) is 3. The fraction of sp³-hybridized carbons (Fsp3) is 0.0909. The Morgan fingerprint density at radius 3 is 2.58 bits per heavy atom. The summed E-state index contributed by atoms with van der Waals surface area (Å²) in [6, 6.07) is 17.5. The van der Waals surface area contributed by atoms with Crippen molar-refractivity contribution in [3.63, 3.8) is 0 Å². The molecule has 0 saturated heterocycles. The summed E-state index contributed by atoms with van der Waals surface area (Å²) >= 11 is 10.6. The monoisotopic (exact) mass is 484 g/mol. The van der Waals surface area contributed by atoms with E-state index in [0.29, 0.717) is 31.7 Å². The topological polar surface area (TPSA) is 67.8 Å². The van der Waals surface area contributed by atoms with Crippen LogP contribution < -0.4 is 5.32 Å². The molecule has 4 aromatic rings. The smallest absolute Gasteiger partial charge is 0.277 e. The van der Waals surface area contributed by atoms with Gasteiger partial charge in [-0.25, -0.2) is 15.0 Å². The van der Waals surface area contributed by atoms with Gasteiger partial charge in [-0.2, -0.15) is 0 Å². The lowest BCUT2D eigenvalue weighted by Gasteiger charge is -2.10. The Kier molecular flexibility index (Phi) is 7.24. The van der Waals surface area contributed by atoms with Crippen LogP contribution in [0.3, 0.4) is 0 Å². The van der Waals surface area contributed by atoms with Gasteiger partial charge in [0.1, 0.15) is 5.69 Å². The lowest BCUT2D eigenvalue weighted by atomic mass is 10.2. The Hall–Kier alpha value is -2.39. The molecule has 0 bridgehead atoms. The number of carbonyl (C=O) groups is 1. The zero-order valence-corrected chi connectivity index (χ0v) is 19.6. The van der Waals surface area contributed by atoms with Gasteiger partial charge in [0.05, 0.1) is 4.90 Å². The van der Waals surface area contributed by atoms with Crippen molar-refractivity contribution in [3.05, 3.63) is 88.1 Å². The zero-order chi connectivity index (χ0) is 21.6. The van der Waals surface area contributed by atoms with Crippen molar-refractivity contribution in [3.8, 4) is 0 Å². The van der Waals surface area contributed by atoms with E-state index < -0.39 is 0 Å². The molecule has 5 nitrogen and oxygen atoms in total. The van der Waals surface area contributed by atoms with Gasteiger partial charge >= 0.3 is 0 Å². The third-order valence-corrected chi connectivity index (χ3v) is 7.21.